The molecule has 0 aliphatic carbocycles. The van der Waals surface area contributed by atoms with Crippen LogP contribution in [0.2, 0.25) is 0 Å². The van der Waals surface area contributed by atoms with Gasteiger partial charge in [-0.2, -0.15) is 0 Å². The van der Waals surface area contributed by atoms with Crippen molar-refractivity contribution in [2.45, 2.75) is 6.54 Å². The summed E-state index contributed by atoms with van der Waals surface area (Å²) in [6.45, 7) is -0.455. The number of nitrogens with one attached hydrogen (secondary N) is 1. The first kappa shape index (κ1) is 16.5. The minimum absolute atomic E-state index is 0.0302. The predicted molar refractivity (Wildman–Crippen MR) is 79.4 cm³/mol. The van der Waals surface area contributed by atoms with E-state index >= 15 is 0 Å². The van der Waals surface area contributed by atoms with Gasteiger partial charge in [0.1, 0.15) is 0 Å². The Hall–Kier alpha value is -2.90. The maximum Gasteiger partial charge on any atom is 0.338 e. The molecular formula is C15H17N3O5. The van der Waals surface area contributed by atoms with E-state index in [1.807, 2.05) is 0 Å². The van der Waals surface area contributed by atoms with Crippen molar-refractivity contribution >= 4 is 23.8 Å². The molecule has 0 radical (unpaired) electrons. The number of imide groups is 1. The van der Waals surface area contributed by atoms with Gasteiger partial charge in [0.25, 0.3) is 5.91 Å². The predicted octanol–water partition coefficient (Wildman–Crippen LogP) is -0.0166. The van der Waals surface area contributed by atoms with Gasteiger partial charge in [-0.25, -0.2) is 9.59 Å². The molecule has 4 amide bonds. The van der Waals surface area contributed by atoms with Crippen LogP contribution in [0, 0.1) is 0 Å². The van der Waals surface area contributed by atoms with E-state index in [1.54, 1.807) is 32.3 Å². The molecule has 1 aliphatic heterocycles. The van der Waals surface area contributed by atoms with Crippen LogP contribution < -0.4 is 5.32 Å². The highest BCUT2D eigenvalue weighted by atomic mass is 16.5. The second-order valence-electron chi connectivity index (χ2n) is 5.16. The zero-order valence-electron chi connectivity index (χ0n) is 12.9. The Morgan fingerprint density at radius 3 is 2.57 bits per heavy atom. The maximum absolute atomic E-state index is 12.1. The third-order valence-electron chi connectivity index (χ3n) is 3.33. The second kappa shape index (κ2) is 6.91. The number of amides is 4. The zero-order chi connectivity index (χ0) is 17.0. The van der Waals surface area contributed by atoms with Gasteiger partial charge in [-0.15, -0.1) is 0 Å². The molecule has 0 aromatic heterocycles. The van der Waals surface area contributed by atoms with Gasteiger partial charge < -0.3 is 15.0 Å². The van der Waals surface area contributed by atoms with E-state index in [0.29, 0.717) is 5.56 Å². The summed E-state index contributed by atoms with van der Waals surface area (Å²) in [5, 5.41) is 2.41. The van der Waals surface area contributed by atoms with Crippen LogP contribution in [0.5, 0.6) is 0 Å². The molecule has 1 aliphatic rings. The van der Waals surface area contributed by atoms with Crippen LogP contribution in [0.15, 0.2) is 24.3 Å². The number of urea groups is 1. The SMILES string of the molecule is CN(C)C(=O)COC(=O)c1ccccc1CN1C(=O)CNC1=O. The number of hydrogen-bond acceptors (Lipinski definition) is 5. The molecule has 1 aromatic rings. The average molecular weight is 319 g/mol. The van der Waals surface area contributed by atoms with Gasteiger partial charge in [0.05, 0.1) is 18.7 Å². The minimum Gasteiger partial charge on any atom is -0.452 e. The summed E-state index contributed by atoms with van der Waals surface area (Å²) in [5.74, 6) is -1.38. The number of carbonyl (C=O) groups is 4. The molecule has 1 aromatic carbocycles. The van der Waals surface area contributed by atoms with Crippen LogP contribution in [0.25, 0.3) is 0 Å². The fraction of sp³-hybridized carbons (Fsp3) is 0.333. The van der Waals surface area contributed by atoms with E-state index in [0.717, 1.165) is 4.90 Å². The molecule has 122 valence electrons. The number of rotatable bonds is 5. The van der Waals surface area contributed by atoms with E-state index in [9.17, 15) is 19.2 Å². The number of esters is 1. The molecule has 2 rings (SSSR count). The summed E-state index contributed by atoms with van der Waals surface area (Å²) in [6.07, 6.45) is 0. The molecular weight excluding hydrogens is 302 g/mol. The topological polar surface area (TPSA) is 96.0 Å². The van der Waals surface area contributed by atoms with Crippen molar-refractivity contribution in [1.82, 2.24) is 15.1 Å². The van der Waals surface area contributed by atoms with E-state index in [-0.39, 0.29) is 37.1 Å². The van der Waals surface area contributed by atoms with Crippen molar-refractivity contribution in [3.63, 3.8) is 0 Å². The molecule has 8 heteroatoms. The Balaban J connectivity index is 2.11. The molecule has 0 bridgehead atoms. The quantitative estimate of drug-likeness (QED) is 0.608. The van der Waals surface area contributed by atoms with Gasteiger partial charge in [0, 0.05) is 14.1 Å². The number of benzene rings is 1. The molecule has 0 unspecified atom stereocenters. The van der Waals surface area contributed by atoms with Crippen molar-refractivity contribution in [1.29, 1.82) is 0 Å². The monoisotopic (exact) mass is 319 g/mol. The number of likely N-dealkylation sites (N-methyl/N-ethyl adjacent to an activating group) is 1. The van der Waals surface area contributed by atoms with E-state index in [2.05, 4.69) is 5.32 Å². The molecule has 1 saturated heterocycles. The Kier molecular flexibility index (Phi) is 4.95. The lowest BCUT2D eigenvalue weighted by atomic mass is 10.1. The molecule has 8 nitrogen and oxygen atoms in total. The van der Waals surface area contributed by atoms with Crippen LogP contribution in [0.4, 0.5) is 4.79 Å². The van der Waals surface area contributed by atoms with Gasteiger partial charge in [0.15, 0.2) is 6.61 Å². The highest BCUT2D eigenvalue weighted by Gasteiger charge is 2.29. The number of ether oxygens (including phenoxy) is 1. The smallest absolute Gasteiger partial charge is 0.338 e. The van der Waals surface area contributed by atoms with Crippen LogP contribution in [-0.2, 0) is 20.9 Å². The molecule has 23 heavy (non-hydrogen) atoms. The van der Waals surface area contributed by atoms with Gasteiger partial charge in [0.2, 0.25) is 5.91 Å². The third kappa shape index (κ3) is 3.85. The number of hydrogen-bond donors (Lipinski definition) is 1. The molecule has 1 N–H and O–H groups in total. The van der Waals surface area contributed by atoms with Crippen molar-refractivity contribution in [3.05, 3.63) is 35.4 Å². The van der Waals surface area contributed by atoms with Crippen molar-refractivity contribution in [2.24, 2.45) is 0 Å². The third-order valence-corrected chi connectivity index (χ3v) is 3.33. The van der Waals surface area contributed by atoms with Crippen LogP contribution in [-0.4, -0.2) is 60.9 Å². The lowest BCUT2D eigenvalue weighted by Gasteiger charge is -2.15. The molecule has 0 atom stereocenters. The van der Waals surface area contributed by atoms with Crippen LogP contribution >= 0.6 is 0 Å². The lowest BCUT2D eigenvalue weighted by molar-refractivity contribution is -0.132. The number of nitrogens with zero attached hydrogens (tertiary/aromatic N) is 2. The Labute approximate surface area is 133 Å². The fourth-order valence-corrected chi connectivity index (χ4v) is 1.98. The maximum atomic E-state index is 12.1. The largest absolute Gasteiger partial charge is 0.452 e. The van der Waals surface area contributed by atoms with E-state index in [1.165, 1.54) is 11.0 Å². The first-order chi connectivity index (χ1) is 10.9. The molecule has 1 heterocycles. The molecule has 0 saturated carbocycles. The Morgan fingerprint density at radius 2 is 1.96 bits per heavy atom. The normalized spacial score (nSPS) is 13.7. The van der Waals surface area contributed by atoms with E-state index < -0.39 is 12.0 Å². The average Bonchev–Trinajstić information content (AvgIpc) is 2.84. The minimum atomic E-state index is -0.678. The first-order valence-electron chi connectivity index (χ1n) is 6.93. The summed E-state index contributed by atoms with van der Waals surface area (Å²) in [7, 11) is 3.11. The van der Waals surface area contributed by atoms with Crippen molar-refractivity contribution in [3.8, 4) is 0 Å². The molecule has 0 spiro atoms. The first-order valence-corrected chi connectivity index (χ1v) is 6.93. The second-order valence-corrected chi connectivity index (χ2v) is 5.16. The van der Waals surface area contributed by atoms with Crippen LogP contribution in [0.3, 0.4) is 0 Å². The van der Waals surface area contributed by atoms with Gasteiger partial charge in [-0.05, 0) is 11.6 Å². The summed E-state index contributed by atoms with van der Waals surface area (Å²) in [5.41, 5.74) is 0.687. The van der Waals surface area contributed by atoms with E-state index in [4.69, 9.17) is 4.74 Å². The fourth-order valence-electron chi connectivity index (χ4n) is 1.98. The zero-order valence-corrected chi connectivity index (χ0v) is 12.9. The Morgan fingerprint density at radius 1 is 1.26 bits per heavy atom. The van der Waals surface area contributed by atoms with Gasteiger partial charge >= 0.3 is 12.0 Å². The van der Waals surface area contributed by atoms with Gasteiger partial charge in [-0.1, -0.05) is 18.2 Å². The van der Waals surface area contributed by atoms with Crippen molar-refractivity contribution in [2.75, 3.05) is 27.2 Å². The van der Waals surface area contributed by atoms with Gasteiger partial charge in [-0.3, -0.25) is 14.5 Å². The van der Waals surface area contributed by atoms with Crippen molar-refractivity contribution < 1.29 is 23.9 Å². The number of carbonyl (C=O) groups excluding carboxylic acids is 4. The summed E-state index contributed by atoms with van der Waals surface area (Å²) in [4.78, 5) is 49.2. The highest BCUT2D eigenvalue weighted by Crippen LogP contribution is 2.15. The summed E-state index contributed by atoms with van der Waals surface area (Å²) < 4.78 is 4.98. The summed E-state index contributed by atoms with van der Waals surface area (Å²) >= 11 is 0. The molecule has 1 fully saturated rings. The lowest BCUT2D eigenvalue weighted by Crippen LogP contribution is -2.31. The van der Waals surface area contributed by atoms with Crippen LogP contribution in [0.1, 0.15) is 15.9 Å². The Bertz CT molecular complexity index is 640. The summed E-state index contributed by atoms with van der Waals surface area (Å²) in [6, 6.07) is 5.98. The highest BCUT2D eigenvalue weighted by molar-refractivity contribution is 6.02. The standard InChI is InChI=1S/C15H17N3O5/c1-17(2)13(20)9-23-14(21)11-6-4-3-5-10(11)8-18-12(19)7-16-15(18)22/h3-6H,7-9H2,1-2H3,(H,16,22).